The van der Waals surface area contributed by atoms with Gasteiger partial charge in [0.15, 0.2) is 0 Å². The van der Waals surface area contributed by atoms with Crippen molar-refractivity contribution < 1.29 is 9.47 Å². The maximum absolute atomic E-state index is 5.60. The fourth-order valence-corrected chi connectivity index (χ4v) is 1.67. The van der Waals surface area contributed by atoms with E-state index in [1.807, 2.05) is 30.3 Å². The van der Waals surface area contributed by atoms with Gasteiger partial charge in [0.25, 0.3) is 0 Å². The number of methoxy groups -OCH3 is 1. The summed E-state index contributed by atoms with van der Waals surface area (Å²) in [6, 6.07) is 13.0. The smallest absolute Gasteiger partial charge is 0.214 e. The number of nitrogens with two attached hydrogens (primary N) is 1. The standard InChI is InChI=1S/C14H14N2O2S/c1-17-11-5-2-4-10(8-11)9-18-13-7-3-6-12(16-13)14(15)19/h2-8H,9H2,1H3,(H2,15,19). The average Bonchev–Trinajstić information content (AvgIpc) is 2.45. The molecule has 0 atom stereocenters. The molecule has 2 aromatic rings. The SMILES string of the molecule is COc1cccc(COc2cccc(C(N)=S)n2)c1. The molecule has 1 heterocycles. The van der Waals surface area contributed by atoms with Crippen LogP contribution in [0.3, 0.4) is 0 Å². The van der Waals surface area contributed by atoms with Gasteiger partial charge in [-0.05, 0) is 23.8 Å². The summed E-state index contributed by atoms with van der Waals surface area (Å²) < 4.78 is 10.8. The Balaban J connectivity index is 2.05. The Kier molecular flexibility index (Phi) is 4.30. The zero-order chi connectivity index (χ0) is 13.7. The monoisotopic (exact) mass is 274 g/mol. The summed E-state index contributed by atoms with van der Waals surface area (Å²) in [7, 11) is 1.63. The van der Waals surface area contributed by atoms with Crippen molar-refractivity contribution in [2.24, 2.45) is 5.73 Å². The molecule has 0 spiro atoms. The van der Waals surface area contributed by atoms with Crippen molar-refractivity contribution in [1.29, 1.82) is 0 Å². The highest BCUT2D eigenvalue weighted by Gasteiger charge is 2.02. The second-order valence-corrected chi connectivity index (χ2v) is 4.31. The van der Waals surface area contributed by atoms with E-state index in [9.17, 15) is 0 Å². The Bertz CT molecular complexity index is 587. The van der Waals surface area contributed by atoms with E-state index in [0.29, 0.717) is 18.2 Å². The van der Waals surface area contributed by atoms with Crippen molar-refractivity contribution in [3.05, 3.63) is 53.7 Å². The highest BCUT2D eigenvalue weighted by atomic mass is 32.1. The van der Waals surface area contributed by atoms with Crippen LogP contribution >= 0.6 is 12.2 Å². The summed E-state index contributed by atoms with van der Waals surface area (Å²) in [5.41, 5.74) is 7.08. The quantitative estimate of drug-likeness (QED) is 0.848. The van der Waals surface area contributed by atoms with Gasteiger partial charge in [0.05, 0.1) is 7.11 Å². The van der Waals surface area contributed by atoms with Crippen molar-refractivity contribution in [1.82, 2.24) is 4.98 Å². The molecule has 0 aliphatic carbocycles. The number of pyridine rings is 1. The number of ether oxygens (including phenoxy) is 2. The van der Waals surface area contributed by atoms with Crippen LogP contribution in [0.2, 0.25) is 0 Å². The molecule has 0 amide bonds. The predicted octanol–water partition coefficient (Wildman–Crippen LogP) is 2.30. The Morgan fingerprint density at radius 1 is 1.26 bits per heavy atom. The van der Waals surface area contributed by atoms with Crippen molar-refractivity contribution in [3.8, 4) is 11.6 Å². The van der Waals surface area contributed by atoms with Crippen LogP contribution in [0.15, 0.2) is 42.5 Å². The van der Waals surface area contributed by atoms with Gasteiger partial charge in [-0.3, -0.25) is 0 Å². The first-order valence-corrected chi connectivity index (χ1v) is 6.12. The lowest BCUT2D eigenvalue weighted by atomic mass is 10.2. The summed E-state index contributed by atoms with van der Waals surface area (Å²) in [5.74, 6) is 1.29. The maximum Gasteiger partial charge on any atom is 0.214 e. The van der Waals surface area contributed by atoms with E-state index in [4.69, 9.17) is 27.4 Å². The number of benzene rings is 1. The van der Waals surface area contributed by atoms with E-state index in [1.165, 1.54) is 0 Å². The van der Waals surface area contributed by atoms with E-state index < -0.39 is 0 Å². The first-order chi connectivity index (χ1) is 9.19. The third-order valence-corrected chi connectivity index (χ3v) is 2.71. The molecule has 0 saturated heterocycles. The first kappa shape index (κ1) is 13.3. The maximum atomic E-state index is 5.60. The van der Waals surface area contributed by atoms with Crippen LogP contribution in [-0.4, -0.2) is 17.1 Å². The van der Waals surface area contributed by atoms with Crippen LogP contribution in [0.1, 0.15) is 11.3 Å². The lowest BCUT2D eigenvalue weighted by Gasteiger charge is -2.07. The molecule has 0 radical (unpaired) electrons. The lowest BCUT2D eigenvalue weighted by Crippen LogP contribution is -2.11. The molecule has 0 aliphatic heterocycles. The van der Waals surface area contributed by atoms with Crippen LogP contribution in [0, 0.1) is 0 Å². The van der Waals surface area contributed by atoms with Gasteiger partial charge in [0.2, 0.25) is 5.88 Å². The Morgan fingerprint density at radius 3 is 2.79 bits per heavy atom. The van der Waals surface area contributed by atoms with Crippen LogP contribution in [0.5, 0.6) is 11.6 Å². The predicted molar refractivity (Wildman–Crippen MR) is 77.5 cm³/mol. The highest BCUT2D eigenvalue weighted by molar-refractivity contribution is 7.80. The largest absolute Gasteiger partial charge is 0.497 e. The molecule has 0 fully saturated rings. The molecule has 1 aromatic heterocycles. The molecule has 2 rings (SSSR count). The summed E-state index contributed by atoms with van der Waals surface area (Å²) >= 11 is 4.88. The fourth-order valence-electron chi connectivity index (χ4n) is 1.55. The molecule has 0 bridgehead atoms. The third-order valence-electron chi connectivity index (χ3n) is 2.50. The van der Waals surface area contributed by atoms with Crippen LogP contribution in [0.25, 0.3) is 0 Å². The molecule has 19 heavy (non-hydrogen) atoms. The minimum atomic E-state index is 0.256. The lowest BCUT2D eigenvalue weighted by molar-refractivity contribution is 0.293. The van der Waals surface area contributed by atoms with E-state index in [-0.39, 0.29) is 4.99 Å². The van der Waals surface area contributed by atoms with Crippen LogP contribution < -0.4 is 15.2 Å². The summed E-state index contributed by atoms with van der Waals surface area (Å²) in [6.45, 7) is 0.408. The fraction of sp³-hybridized carbons (Fsp3) is 0.143. The van der Waals surface area contributed by atoms with Gasteiger partial charge in [0, 0.05) is 6.07 Å². The highest BCUT2D eigenvalue weighted by Crippen LogP contribution is 2.15. The zero-order valence-corrected chi connectivity index (χ0v) is 11.3. The molecule has 98 valence electrons. The van der Waals surface area contributed by atoms with Gasteiger partial charge >= 0.3 is 0 Å². The Hall–Kier alpha value is -2.14. The number of rotatable bonds is 5. The van der Waals surface area contributed by atoms with Gasteiger partial charge in [-0.25, -0.2) is 4.98 Å². The van der Waals surface area contributed by atoms with Crippen molar-refractivity contribution in [2.75, 3.05) is 7.11 Å². The van der Waals surface area contributed by atoms with E-state index in [1.54, 1.807) is 19.2 Å². The molecular weight excluding hydrogens is 260 g/mol. The number of nitrogens with zero attached hydrogens (tertiary/aromatic N) is 1. The molecule has 4 nitrogen and oxygen atoms in total. The second kappa shape index (κ2) is 6.15. The van der Waals surface area contributed by atoms with Gasteiger partial charge in [-0.15, -0.1) is 0 Å². The summed E-state index contributed by atoms with van der Waals surface area (Å²) in [6.07, 6.45) is 0. The Morgan fingerprint density at radius 2 is 2.05 bits per heavy atom. The van der Waals surface area contributed by atoms with Crippen molar-refractivity contribution >= 4 is 17.2 Å². The third kappa shape index (κ3) is 3.66. The van der Waals surface area contributed by atoms with Gasteiger partial charge in [-0.2, -0.15) is 0 Å². The number of thiocarbonyl (C=S) groups is 1. The zero-order valence-electron chi connectivity index (χ0n) is 10.5. The van der Waals surface area contributed by atoms with Crippen LogP contribution in [-0.2, 0) is 6.61 Å². The molecule has 0 saturated carbocycles. The topological polar surface area (TPSA) is 57.4 Å². The minimum Gasteiger partial charge on any atom is -0.497 e. The number of aromatic nitrogens is 1. The number of hydrogen-bond acceptors (Lipinski definition) is 4. The normalized spacial score (nSPS) is 9.95. The van der Waals surface area contributed by atoms with Crippen LogP contribution in [0.4, 0.5) is 0 Å². The summed E-state index contributed by atoms with van der Waals surface area (Å²) in [5, 5.41) is 0. The van der Waals surface area contributed by atoms with E-state index in [2.05, 4.69) is 4.98 Å². The minimum absolute atomic E-state index is 0.256. The second-order valence-electron chi connectivity index (χ2n) is 3.87. The molecular formula is C14H14N2O2S. The van der Waals surface area contributed by atoms with E-state index >= 15 is 0 Å². The molecule has 5 heteroatoms. The Labute approximate surface area is 117 Å². The first-order valence-electron chi connectivity index (χ1n) is 5.71. The average molecular weight is 274 g/mol. The van der Waals surface area contributed by atoms with Gasteiger partial charge in [0.1, 0.15) is 23.0 Å². The van der Waals surface area contributed by atoms with E-state index in [0.717, 1.165) is 11.3 Å². The van der Waals surface area contributed by atoms with Gasteiger partial charge < -0.3 is 15.2 Å². The van der Waals surface area contributed by atoms with Crippen molar-refractivity contribution in [2.45, 2.75) is 6.61 Å². The number of hydrogen-bond donors (Lipinski definition) is 1. The molecule has 0 aliphatic rings. The molecule has 1 aromatic carbocycles. The molecule has 2 N–H and O–H groups in total. The molecule has 0 unspecified atom stereocenters. The van der Waals surface area contributed by atoms with Crippen molar-refractivity contribution in [3.63, 3.8) is 0 Å². The van der Waals surface area contributed by atoms with Gasteiger partial charge in [-0.1, -0.05) is 30.4 Å². The summed E-state index contributed by atoms with van der Waals surface area (Å²) in [4.78, 5) is 4.47.